The summed E-state index contributed by atoms with van der Waals surface area (Å²) in [6, 6.07) is 78.2. The molecule has 1 aromatic heterocycles. The zero-order valence-corrected chi connectivity index (χ0v) is 43.6. The third-order valence-corrected chi connectivity index (χ3v) is 18.3. The second-order valence-electron chi connectivity index (χ2n) is 16.6. The van der Waals surface area contributed by atoms with Crippen LogP contribution in [0.15, 0.2) is 225 Å². The monoisotopic (exact) mass is 1270 g/mol. The fourth-order valence-corrected chi connectivity index (χ4v) is 15.4. The molecule has 6 heteroatoms. The summed E-state index contributed by atoms with van der Waals surface area (Å²) in [7, 11) is -0.443. The largest absolute Gasteiger partial charge is 1.00 e. The average molecular weight is 1270 g/mol. The van der Waals surface area contributed by atoms with Crippen LogP contribution < -0.4 is 31.8 Å². The minimum atomic E-state index is -1.27. The topological polar surface area (TPSA) is 17.8 Å². The molecule has 0 atom stereocenters. The van der Waals surface area contributed by atoms with Crippen molar-refractivity contribution in [2.45, 2.75) is 12.8 Å². The van der Waals surface area contributed by atoms with Gasteiger partial charge in [-0.2, -0.15) is 0 Å². The van der Waals surface area contributed by atoms with Crippen LogP contribution in [0.3, 0.4) is 0 Å². The van der Waals surface area contributed by atoms with Gasteiger partial charge < -0.3 is 17.4 Å². The van der Waals surface area contributed by atoms with Gasteiger partial charge in [-0.05, 0) is 94.8 Å². The van der Waals surface area contributed by atoms with Crippen molar-refractivity contribution in [1.29, 1.82) is 0 Å². The normalized spacial score (nSPS) is 11.2. The Labute approximate surface area is 434 Å². The Bertz CT molecular complexity index is 3230. The van der Waals surface area contributed by atoms with E-state index in [0.29, 0.717) is 0 Å². The first-order valence-electron chi connectivity index (χ1n) is 22.3. The standard InChI is InChI=1S/C32H26N2P2.2C15H9.2Au/c1-34-24-33-29-22-31(35(25-14-6-2-7-15-25)26-16-8-3-9-17-26)32(23-30(29)34)36(27-18-10-4-11-19-27)28-20-12-5-13-21-28;2*1-2-11-7-8-15-13(9-11)10-12-5-3-4-6-14(12)15;;/h2-24H,1H3;2*3-9H,10H2;;/q;2*-1;2*+1/p+2. The first-order valence-corrected chi connectivity index (χ1v) is 25.3. The van der Waals surface area contributed by atoms with Crippen molar-refractivity contribution in [3.8, 4) is 34.1 Å². The second kappa shape index (κ2) is 22.3. The molecule has 0 bridgehead atoms. The summed E-state index contributed by atoms with van der Waals surface area (Å²) in [5.74, 6) is 4.87. The van der Waals surface area contributed by atoms with Crippen LogP contribution in [-0.2, 0) is 64.6 Å². The third-order valence-electron chi connectivity index (χ3n) is 12.5. The van der Waals surface area contributed by atoms with Gasteiger partial charge in [0.1, 0.15) is 47.7 Å². The van der Waals surface area contributed by atoms with E-state index in [-0.39, 0.29) is 44.8 Å². The van der Waals surface area contributed by atoms with Gasteiger partial charge in [0, 0.05) is 19.2 Å². The summed E-state index contributed by atoms with van der Waals surface area (Å²) in [5.41, 5.74) is 14.7. The van der Waals surface area contributed by atoms with E-state index < -0.39 is 15.8 Å². The summed E-state index contributed by atoms with van der Waals surface area (Å²) >= 11 is 0. The molecule has 1 heterocycles. The van der Waals surface area contributed by atoms with Gasteiger partial charge in [-0.3, -0.25) is 11.8 Å². The maximum Gasteiger partial charge on any atom is 1.00 e. The smallest absolute Gasteiger partial charge is 0.366 e. The first kappa shape index (κ1) is 48.4. The molecule has 2 aliphatic rings. The summed E-state index contributed by atoms with van der Waals surface area (Å²) in [4.78, 5) is 4.79. The van der Waals surface area contributed by atoms with E-state index in [0.717, 1.165) is 29.5 Å². The summed E-state index contributed by atoms with van der Waals surface area (Å²) in [5, 5.41) is 8.48. The van der Waals surface area contributed by atoms with Crippen molar-refractivity contribution in [3.05, 3.63) is 271 Å². The minimum absolute atomic E-state index is 0. The number of aromatic nitrogens is 2. The summed E-state index contributed by atoms with van der Waals surface area (Å²) in [6.07, 6.45) is 18.1. The van der Waals surface area contributed by atoms with E-state index in [1.165, 1.54) is 81.9 Å². The molecule has 12 rings (SSSR count). The molecule has 0 spiro atoms. The Balaban J connectivity index is 0.000000160. The van der Waals surface area contributed by atoms with Crippen molar-refractivity contribution < 1.29 is 44.8 Å². The number of imidazole rings is 1. The van der Waals surface area contributed by atoms with Crippen molar-refractivity contribution in [1.82, 2.24) is 9.55 Å². The van der Waals surface area contributed by atoms with Gasteiger partial charge in [0.25, 0.3) is 0 Å². The van der Waals surface area contributed by atoms with Gasteiger partial charge >= 0.3 is 44.8 Å². The fraction of sp³-hybridized carbons (Fsp3) is 0.0484. The minimum Gasteiger partial charge on any atom is -0.366 e. The third kappa shape index (κ3) is 10.2. The molecular formula is C62H46Au2N2P2+2. The summed E-state index contributed by atoms with van der Waals surface area (Å²) in [6.45, 7) is 0. The van der Waals surface area contributed by atoms with E-state index in [9.17, 15) is 0 Å². The van der Waals surface area contributed by atoms with Gasteiger partial charge in [0.2, 0.25) is 0 Å². The van der Waals surface area contributed by atoms with E-state index in [2.05, 4.69) is 230 Å². The number of hydrogen-bond donors (Lipinski definition) is 0. The van der Waals surface area contributed by atoms with E-state index in [1.807, 2.05) is 18.5 Å². The van der Waals surface area contributed by atoms with Crippen molar-refractivity contribution in [3.63, 3.8) is 0 Å². The molecule has 0 unspecified atom stereocenters. The van der Waals surface area contributed by atoms with Crippen LogP contribution >= 0.6 is 15.8 Å². The molecule has 0 fully saturated rings. The van der Waals surface area contributed by atoms with Gasteiger partial charge in [-0.15, -0.1) is 35.4 Å². The van der Waals surface area contributed by atoms with Gasteiger partial charge in [0.05, 0.1) is 17.4 Å². The number of hydrogen-bond acceptors (Lipinski definition) is 1. The Morgan fingerprint density at radius 3 is 1.16 bits per heavy atom. The van der Waals surface area contributed by atoms with E-state index in [1.54, 1.807) is 0 Å². The van der Waals surface area contributed by atoms with Crippen LogP contribution in [0, 0.1) is 24.7 Å². The number of nitrogens with zero attached hydrogens (tertiary/aromatic N) is 2. The Kier molecular flexibility index (Phi) is 15.9. The predicted molar refractivity (Wildman–Crippen MR) is 283 cm³/mol. The maximum absolute atomic E-state index is 7.12. The molecular weight excluding hydrogens is 1230 g/mol. The summed E-state index contributed by atoms with van der Waals surface area (Å²) < 4.78 is 2.15. The van der Waals surface area contributed by atoms with Gasteiger partial charge in [-0.1, -0.05) is 145 Å². The van der Waals surface area contributed by atoms with E-state index in [4.69, 9.17) is 17.8 Å². The zero-order valence-electron chi connectivity index (χ0n) is 37.3. The van der Waals surface area contributed by atoms with Gasteiger partial charge in [0.15, 0.2) is 0 Å². The van der Waals surface area contributed by atoms with Crippen molar-refractivity contribution >= 4 is 58.7 Å². The molecule has 0 amide bonds. The molecule has 10 aromatic rings. The first-order chi connectivity index (χ1) is 32.6. The molecule has 0 radical (unpaired) electrons. The maximum atomic E-state index is 7.12. The number of fused-ring (bicyclic) bond motifs is 7. The molecule has 9 aromatic carbocycles. The van der Waals surface area contributed by atoms with Crippen molar-refractivity contribution in [2.24, 2.45) is 7.05 Å². The van der Waals surface area contributed by atoms with Crippen LogP contribution in [0.1, 0.15) is 33.4 Å². The average Bonchev–Trinajstić information content (AvgIpc) is 4.07. The van der Waals surface area contributed by atoms with Crippen LogP contribution in [0.4, 0.5) is 0 Å². The Morgan fingerprint density at radius 1 is 0.412 bits per heavy atom. The number of aryl methyl sites for hydroxylation is 1. The Morgan fingerprint density at radius 2 is 0.765 bits per heavy atom. The SMILES string of the molecule is Cn1cnc2cc([PH+](c3ccccc3)c3ccccc3)c([PH+](c3ccccc3)c3ccccc3)cc21.[Au+].[Au+].[C-]#Cc1ccc2c(c1)Cc1ccccc1-2.[C-]#Cc1ccc2c(c1)Cc1ccccc1-2. The van der Waals surface area contributed by atoms with Gasteiger partial charge in [-0.25, -0.2) is 4.98 Å². The molecule has 0 N–H and O–H groups in total. The molecule has 0 saturated carbocycles. The molecule has 68 heavy (non-hydrogen) atoms. The molecule has 334 valence electrons. The van der Waals surface area contributed by atoms with Crippen LogP contribution in [0.2, 0.25) is 0 Å². The fourth-order valence-electron chi connectivity index (χ4n) is 9.41. The number of rotatable bonds is 6. The van der Waals surface area contributed by atoms with Crippen molar-refractivity contribution in [2.75, 3.05) is 0 Å². The van der Waals surface area contributed by atoms with Crippen LogP contribution in [-0.4, -0.2) is 9.55 Å². The zero-order chi connectivity index (χ0) is 44.8. The van der Waals surface area contributed by atoms with Crippen LogP contribution in [0.25, 0.3) is 33.3 Å². The molecule has 2 aliphatic carbocycles. The Hall–Kier alpha value is -6.09. The number of benzene rings is 9. The molecule has 0 aliphatic heterocycles. The molecule has 2 nitrogen and oxygen atoms in total. The molecule has 0 saturated heterocycles. The second-order valence-corrected chi connectivity index (χ2v) is 21.5. The van der Waals surface area contributed by atoms with E-state index >= 15 is 0 Å². The predicted octanol–water partition coefficient (Wildman–Crippen LogP) is 10.9. The van der Waals surface area contributed by atoms with Crippen LogP contribution in [0.5, 0.6) is 0 Å². The quantitative estimate of drug-likeness (QED) is 0.0702.